The van der Waals surface area contributed by atoms with E-state index in [0.717, 1.165) is 5.70 Å². The number of rotatable bonds is 1. The van der Waals surface area contributed by atoms with Crippen LogP contribution >= 0.6 is 0 Å². The van der Waals surface area contributed by atoms with Crippen molar-refractivity contribution in [3.8, 4) is 11.5 Å². The number of carbonyl (C=O) groups excluding carboxylic acids is 1. The third-order valence-electron chi connectivity index (χ3n) is 4.92. The molecule has 1 aliphatic carbocycles. The number of Topliss-reactive ketones (excluding diaryl/α,β-unsaturated/α-hetero) is 1. The number of nitrogens with one attached hydrogen (secondary N) is 3. The second-order valence-corrected chi connectivity index (χ2v) is 7.51. The number of aromatic amines is 2. The van der Waals surface area contributed by atoms with Crippen LogP contribution in [0.4, 0.5) is 5.82 Å². The number of phenolic OH excluding ortho intramolecular Hbond substituents is 2. The number of hydrogen-bond donors (Lipinski definition) is 5. The highest BCUT2D eigenvalue weighted by atomic mass is 16.3. The highest BCUT2D eigenvalue weighted by Crippen LogP contribution is 2.48. The van der Waals surface area contributed by atoms with E-state index in [9.17, 15) is 19.8 Å². The van der Waals surface area contributed by atoms with Gasteiger partial charge in [0.2, 0.25) is 0 Å². The maximum absolute atomic E-state index is 12.9. The second-order valence-electron chi connectivity index (χ2n) is 7.51. The van der Waals surface area contributed by atoms with Gasteiger partial charge in [-0.2, -0.15) is 0 Å². The standard InChI is InChI=1S/C18H19N3O4/c1-18(2)6-9-14(12(24)7-18)13(8-3-4-10(22)11(23)5-8)15-16(19-9)20-21-17(15)25/h3-5,13,22-23H,6-7H2,1-2H3,(H3,19,20,21,25)/t13-/m1/s1. The molecule has 0 saturated heterocycles. The molecule has 0 fully saturated rings. The fraction of sp³-hybridized carbons (Fsp3) is 0.333. The van der Waals surface area contributed by atoms with Gasteiger partial charge in [0.15, 0.2) is 17.3 Å². The topological polar surface area (TPSA) is 118 Å². The van der Waals surface area contributed by atoms with E-state index in [1.165, 1.54) is 12.1 Å². The predicted octanol–water partition coefficient (Wildman–Crippen LogP) is 2.31. The van der Waals surface area contributed by atoms with Gasteiger partial charge in [-0.1, -0.05) is 19.9 Å². The number of carbonyl (C=O) groups is 1. The molecule has 0 saturated carbocycles. The molecule has 1 atom stereocenters. The zero-order valence-corrected chi connectivity index (χ0v) is 13.9. The van der Waals surface area contributed by atoms with Gasteiger partial charge in [-0.15, -0.1) is 0 Å². The van der Waals surface area contributed by atoms with Crippen molar-refractivity contribution in [1.29, 1.82) is 0 Å². The number of allylic oxidation sites excluding steroid dienone is 2. The van der Waals surface area contributed by atoms with Crippen molar-refractivity contribution in [3.05, 3.63) is 50.9 Å². The SMILES string of the molecule is CC1(C)CC(=O)C2=C(C1)Nc1[nH][nH]c(=O)c1[C@@H]2c1ccc(O)c(O)c1. The van der Waals surface area contributed by atoms with E-state index >= 15 is 0 Å². The summed E-state index contributed by atoms with van der Waals surface area (Å²) in [6.07, 6.45) is 1.08. The molecule has 0 amide bonds. The Morgan fingerprint density at radius 3 is 2.56 bits per heavy atom. The van der Waals surface area contributed by atoms with Crippen molar-refractivity contribution >= 4 is 11.6 Å². The summed E-state index contributed by atoms with van der Waals surface area (Å²) in [7, 11) is 0. The van der Waals surface area contributed by atoms with Crippen LogP contribution in [0.25, 0.3) is 0 Å². The van der Waals surface area contributed by atoms with E-state index in [0.29, 0.717) is 35.4 Å². The Kier molecular flexibility index (Phi) is 3.12. The first kappa shape index (κ1) is 15.6. The van der Waals surface area contributed by atoms with Gasteiger partial charge in [-0.25, -0.2) is 0 Å². The van der Waals surface area contributed by atoms with E-state index in [2.05, 4.69) is 15.5 Å². The molecule has 0 bridgehead atoms. The van der Waals surface area contributed by atoms with Gasteiger partial charge < -0.3 is 15.5 Å². The molecule has 0 radical (unpaired) electrons. The van der Waals surface area contributed by atoms with Crippen LogP contribution in [0.2, 0.25) is 0 Å². The monoisotopic (exact) mass is 341 g/mol. The van der Waals surface area contributed by atoms with Gasteiger partial charge in [0.1, 0.15) is 5.82 Å². The molecule has 1 aromatic carbocycles. The second kappa shape index (κ2) is 5.02. The van der Waals surface area contributed by atoms with Crippen LogP contribution in [0.1, 0.15) is 43.7 Å². The minimum Gasteiger partial charge on any atom is -0.504 e. The third-order valence-corrected chi connectivity index (χ3v) is 4.92. The lowest BCUT2D eigenvalue weighted by molar-refractivity contribution is -0.118. The van der Waals surface area contributed by atoms with Gasteiger partial charge in [-0.05, 0) is 29.5 Å². The van der Waals surface area contributed by atoms with E-state index < -0.39 is 5.92 Å². The van der Waals surface area contributed by atoms with E-state index in [1.807, 2.05) is 13.8 Å². The number of ketones is 1. The van der Waals surface area contributed by atoms with E-state index in [-0.39, 0.29) is 28.3 Å². The molecule has 1 aliphatic heterocycles. The van der Waals surface area contributed by atoms with Crippen molar-refractivity contribution in [2.75, 3.05) is 5.32 Å². The van der Waals surface area contributed by atoms with Crippen molar-refractivity contribution in [2.45, 2.75) is 32.6 Å². The lowest BCUT2D eigenvalue weighted by Gasteiger charge is -2.37. The Hall–Kier alpha value is -2.96. The summed E-state index contributed by atoms with van der Waals surface area (Å²) in [5.41, 5.74) is 1.87. The number of aromatic nitrogens is 2. The number of fused-ring (bicyclic) bond motifs is 1. The number of phenols is 2. The van der Waals surface area contributed by atoms with Crippen LogP contribution in [0.15, 0.2) is 34.3 Å². The zero-order chi connectivity index (χ0) is 17.9. The summed E-state index contributed by atoms with van der Waals surface area (Å²) in [6, 6.07) is 4.39. The normalized spacial score (nSPS) is 21.5. The van der Waals surface area contributed by atoms with Crippen LogP contribution in [0, 0.1) is 5.41 Å². The van der Waals surface area contributed by atoms with Gasteiger partial charge in [-0.3, -0.25) is 19.8 Å². The molecule has 7 heteroatoms. The Balaban J connectivity index is 1.96. The fourth-order valence-corrected chi connectivity index (χ4v) is 3.87. The molecule has 0 unspecified atom stereocenters. The molecule has 4 rings (SSSR count). The van der Waals surface area contributed by atoms with Crippen molar-refractivity contribution in [1.82, 2.24) is 10.2 Å². The van der Waals surface area contributed by atoms with Crippen LogP contribution in [-0.2, 0) is 4.79 Å². The summed E-state index contributed by atoms with van der Waals surface area (Å²) in [6.45, 7) is 4.07. The quantitative estimate of drug-likeness (QED) is 0.510. The van der Waals surface area contributed by atoms with Crippen LogP contribution in [0.5, 0.6) is 11.5 Å². The summed E-state index contributed by atoms with van der Waals surface area (Å²) >= 11 is 0. The predicted molar refractivity (Wildman–Crippen MR) is 91.7 cm³/mol. The molecule has 0 spiro atoms. The maximum Gasteiger partial charge on any atom is 0.270 e. The van der Waals surface area contributed by atoms with Crippen molar-refractivity contribution in [3.63, 3.8) is 0 Å². The summed E-state index contributed by atoms with van der Waals surface area (Å²) < 4.78 is 0. The lowest BCUT2D eigenvalue weighted by atomic mass is 9.69. The highest BCUT2D eigenvalue weighted by molar-refractivity contribution is 6.01. The Morgan fingerprint density at radius 1 is 1.08 bits per heavy atom. The zero-order valence-electron chi connectivity index (χ0n) is 13.9. The summed E-state index contributed by atoms with van der Waals surface area (Å²) in [5, 5.41) is 28.0. The Bertz CT molecular complexity index is 980. The molecule has 7 nitrogen and oxygen atoms in total. The van der Waals surface area contributed by atoms with Crippen LogP contribution in [0.3, 0.4) is 0 Å². The molecule has 5 N–H and O–H groups in total. The van der Waals surface area contributed by atoms with Crippen molar-refractivity contribution < 1.29 is 15.0 Å². The Morgan fingerprint density at radius 2 is 1.84 bits per heavy atom. The van der Waals surface area contributed by atoms with Gasteiger partial charge in [0.25, 0.3) is 5.56 Å². The van der Waals surface area contributed by atoms with E-state index in [1.54, 1.807) is 6.07 Å². The van der Waals surface area contributed by atoms with Crippen molar-refractivity contribution in [2.24, 2.45) is 5.41 Å². The molecule has 130 valence electrons. The first-order valence-electron chi connectivity index (χ1n) is 8.12. The number of benzene rings is 1. The summed E-state index contributed by atoms with van der Waals surface area (Å²) in [4.78, 5) is 25.2. The Labute approximate surface area is 143 Å². The smallest absolute Gasteiger partial charge is 0.270 e. The number of aromatic hydroxyl groups is 2. The van der Waals surface area contributed by atoms with Crippen LogP contribution < -0.4 is 10.9 Å². The maximum atomic E-state index is 12.9. The largest absolute Gasteiger partial charge is 0.504 e. The van der Waals surface area contributed by atoms with E-state index in [4.69, 9.17) is 0 Å². The highest BCUT2D eigenvalue weighted by Gasteiger charge is 2.42. The van der Waals surface area contributed by atoms with Crippen LogP contribution in [-0.4, -0.2) is 26.2 Å². The van der Waals surface area contributed by atoms with Gasteiger partial charge in [0, 0.05) is 23.6 Å². The number of hydrogen-bond acceptors (Lipinski definition) is 5. The first-order chi connectivity index (χ1) is 11.8. The molecule has 2 heterocycles. The minimum absolute atomic E-state index is 0.0115. The average Bonchev–Trinajstić information content (AvgIpc) is 2.88. The minimum atomic E-state index is -0.587. The van der Waals surface area contributed by atoms with Gasteiger partial charge in [0.05, 0.1) is 5.56 Å². The summed E-state index contributed by atoms with van der Waals surface area (Å²) in [5.74, 6) is -0.591. The number of anilines is 1. The first-order valence-corrected chi connectivity index (χ1v) is 8.12. The molecular weight excluding hydrogens is 322 g/mol. The lowest BCUT2D eigenvalue weighted by Crippen LogP contribution is -2.34. The molecular formula is C18H19N3O4. The molecule has 1 aromatic heterocycles. The number of H-pyrrole nitrogens is 2. The third kappa shape index (κ3) is 2.34. The average molecular weight is 341 g/mol. The molecule has 25 heavy (non-hydrogen) atoms. The molecule has 2 aliphatic rings. The fourth-order valence-electron chi connectivity index (χ4n) is 3.87. The van der Waals surface area contributed by atoms with Gasteiger partial charge >= 0.3 is 0 Å². The molecule has 2 aromatic rings.